The van der Waals surface area contributed by atoms with Gasteiger partial charge in [-0.3, -0.25) is 9.79 Å². The molecule has 0 aromatic heterocycles. The van der Waals surface area contributed by atoms with E-state index in [1.807, 2.05) is 18.4 Å². The maximum atomic E-state index is 13.5. The number of carbonyl (C=O) groups is 1. The van der Waals surface area contributed by atoms with Crippen LogP contribution in [0.15, 0.2) is 47.5 Å². The average molecular weight is 516 g/mol. The maximum Gasteiger partial charge on any atom is 0.251 e. The van der Waals surface area contributed by atoms with Crippen molar-refractivity contribution >= 4 is 47.6 Å². The Morgan fingerprint density at radius 2 is 1.75 bits per heavy atom. The molecule has 2 rings (SSSR count). The van der Waals surface area contributed by atoms with Crippen molar-refractivity contribution in [2.24, 2.45) is 4.99 Å². The van der Waals surface area contributed by atoms with E-state index in [4.69, 9.17) is 0 Å². The van der Waals surface area contributed by atoms with E-state index in [2.05, 4.69) is 20.9 Å². The van der Waals surface area contributed by atoms with Crippen LogP contribution in [0.1, 0.15) is 27.0 Å². The molecule has 0 saturated carbocycles. The first-order valence-electron chi connectivity index (χ1n) is 8.59. The number of nitrogens with zero attached hydrogens (tertiary/aromatic N) is 1. The Kier molecular flexibility index (Phi) is 10.9. The number of hydrogen-bond acceptors (Lipinski definition) is 3. The standard InChI is InChI=1S/C20H25FN4OS.HI/c1-22-19(26)15-6-4-14(5-7-15)11-24-20(23-2)25-12-16-8-9-18(21)10-17(16)13-27-3;/h4-10H,11-13H2,1-3H3,(H,22,26)(H2,23,24,25);1H. The fraction of sp³-hybridized carbons (Fsp3) is 0.300. The Hall–Kier alpha value is -1.81. The van der Waals surface area contributed by atoms with Crippen LogP contribution in [0.25, 0.3) is 0 Å². The second kappa shape index (κ2) is 12.6. The second-order valence-corrected chi connectivity index (χ2v) is 6.77. The number of hydrogen-bond donors (Lipinski definition) is 3. The normalized spacial score (nSPS) is 10.8. The van der Waals surface area contributed by atoms with Crippen molar-refractivity contribution in [1.29, 1.82) is 0 Å². The van der Waals surface area contributed by atoms with Crippen LogP contribution in [0, 0.1) is 5.82 Å². The molecular weight excluding hydrogens is 490 g/mol. The van der Waals surface area contributed by atoms with E-state index in [0.717, 1.165) is 22.4 Å². The molecule has 3 N–H and O–H groups in total. The number of amides is 1. The van der Waals surface area contributed by atoms with Crippen molar-refractivity contribution in [3.8, 4) is 0 Å². The van der Waals surface area contributed by atoms with Gasteiger partial charge in [-0.05, 0) is 47.2 Å². The summed E-state index contributed by atoms with van der Waals surface area (Å²) in [5.41, 5.74) is 3.69. The van der Waals surface area contributed by atoms with Crippen molar-refractivity contribution in [3.63, 3.8) is 0 Å². The Labute approximate surface area is 187 Å². The molecule has 0 aliphatic heterocycles. The Morgan fingerprint density at radius 1 is 1.07 bits per heavy atom. The van der Waals surface area contributed by atoms with Gasteiger partial charge < -0.3 is 16.0 Å². The van der Waals surface area contributed by atoms with Gasteiger partial charge in [-0.15, -0.1) is 24.0 Å². The lowest BCUT2D eigenvalue weighted by Crippen LogP contribution is -2.36. The third kappa shape index (κ3) is 7.31. The molecular formula is C20H26FIN4OS. The van der Waals surface area contributed by atoms with Crippen molar-refractivity contribution in [3.05, 3.63) is 70.5 Å². The number of guanidine groups is 1. The molecule has 0 atom stereocenters. The Bertz CT molecular complexity index is 799. The lowest BCUT2D eigenvalue weighted by atomic mass is 10.1. The summed E-state index contributed by atoms with van der Waals surface area (Å²) in [6.07, 6.45) is 2.00. The summed E-state index contributed by atoms with van der Waals surface area (Å²) in [6, 6.07) is 12.3. The second-order valence-electron chi connectivity index (χ2n) is 5.90. The SMILES string of the molecule is CN=C(NCc1ccc(C(=O)NC)cc1)NCc1ccc(F)cc1CSC.I. The number of rotatable bonds is 7. The highest BCUT2D eigenvalue weighted by Gasteiger charge is 2.06. The first-order chi connectivity index (χ1) is 13.1. The van der Waals surface area contributed by atoms with Gasteiger partial charge in [0.1, 0.15) is 5.82 Å². The Morgan fingerprint density at radius 3 is 2.36 bits per heavy atom. The van der Waals surface area contributed by atoms with Crippen LogP contribution >= 0.6 is 35.7 Å². The van der Waals surface area contributed by atoms with Crippen LogP contribution in [-0.4, -0.2) is 32.2 Å². The number of nitrogens with one attached hydrogen (secondary N) is 3. The van der Waals surface area contributed by atoms with Gasteiger partial charge in [-0.25, -0.2) is 4.39 Å². The van der Waals surface area contributed by atoms with Crippen LogP contribution in [0.5, 0.6) is 0 Å². The van der Waals surface area contributed by atoms with Crippen LogP contribution in [0.4, 0.5) is 4.39 Å². The van der Waals surface area contributed by atoms with Crippen LogP contribution in [0.3, 0.4) is 0 Å². The van der Waals surface area contributed by atoms with Crippen LogP contribution in [0.2, 0.25) is 0 Å². The van der Waals surface area contributed by atoms with E-state index in [9.17, 15) is 9.18 Å². The van der Waals surface area contributed by atoms with E-state index in [-0.39, 0.29) is 35.7 Å². The first-order valence-corrected chi connectivity index (χ1v) is 9.98. The highest BCUT2D eigenvalue weighted by atomic mass is 127. The number of benzene rings is 2. The van der Waals surface area contributed by atoms with Gasteiger partial charge in [-0.1, -0.05) is 18.2 Å². The quantitative estimate of drug-likeness (QED) is 0.300. The minimum Gasteiger partial charge on any atom is -0.355 e. The van der Waals surface area contributed by atoms with E-state index in [1.54, 1.807) is 50.1 Å². The molecule has 28 heavy (non-hydrogen) atoms. The van der Waals surface area contributed by atoms with Crippen molar-refractivity contribution < 1.29 is 9.18 Å². The first kappa shape index (κ1) is 24.2. The fourth-order valence-electron chi connectivity index (χ4n) is 2.56. The summed E-state index contributed by atoms with van der Waals surface area (Å²) in [5, 5.41) is 9.10. The molecule has 0 radical (unpaired) electrons. The van der Waals surface area contributed by atoms with Gasteiger partial charge in [0.15, 0.2) is 5.96 Å². The summed E-state index contributed by atoms with van der Waals surface area (Å²) in [4.78, 5) is 15.8. The maximum absolute atomic E-state index is 13.5. The largest absolute Gasteiger partial charge is 0.355 e. The number of thioether (sulfide) groups is 1. The molecule has 2 aromatic rings. The van der Waals surface area contributed by atoms with Gasteiger partial charge in [-0.2, -0.15) is 11.8 Å². The molecule has 1 amide bonds. The predicted octanol–water partition coefficient (Wildman–Crippen LogP) is 3.53. The van der Waals surface area contributed by atoms with Gasteiger partial charge in [0.25, 0.3) is 5.91 Å². The smallest absolute Gasteiger partial charge is 0.251 e. The summed E-state index contributed by atoms with van der Waals surface area (Å²) < 4.78 is 13.5. The third-order valence-corrected chi connectivity index (χ3v) is 4.64. The molecule has 0 unspecified atom stereocenters. The van der Waals surface area contributed by atoms with E-state index in [1.165, 1.54) is 6.07 Å². The molecule has 2 aromatic carbocycles. The van der Waals surface area contributed by atoms with Gasteiger partial charge in [0.05, 0.1) is 0 Å². The minimum atomic E-state index is -0.217. The highest BCUT2D eigenvalue weighted by molar-refractivity contribution is 14.0. The average Bonchev–Trinajstić information content (AvgIpc) is 2.69. The molecule has 152 valence electrons. The zero-order valence-corrected chi connectivity index (χ0v) is 19.4. The van der Waals surface area contributed by atoms with E-state index < -0.39 is 0 Å². The van der Waals surface area contributed by atoms with Crippen molar-refractivity contribution in [2.75, 3.05) is 20.4 Å². The zero-order chi connectivity index (χ0) is 19.6. The lowest BCUT2D eigenvalue weighted by molar-refractivity contribution is 0.0963. The van der Waals surface area contributed by atoms with Gasteiger partial charge in [0.2, 0.25) is 0 Å². The van der Waals surface area contributed by atoms with Crippen molar-refractivity contribution in [1.82, 2.24) is 16.0 Å². The monoisotopic (exact) mass is 516 g/mol. The minimum absolute atomic E-state index is 0. The molecule has 0 saturated heterocycles. The van der Waals surface area contributed by atoms with E-state index >= 15 is 0 Å². The predicted molar refractivity (Wildman–Crippen MR) is 126 cm³/mol. The van der Waals surface area contributed by atoms with E-state index in [0.29, 0.717) is 24.6 Å². The molecule has 0 fully saturated rings. The van der Waals surface area contributed by atoms with Crippen LogP contribution in [-0.2, 0) is 18.8 Å². The summed E-state index contributed by atoms with van der Waals surface area (Å²) >= 11 is 1.66. The molecule has 0 heterocycles. The third-order valence-electron chi connectivity index (χ3n) is 4.04. The topological polar surface area (TPSA) is 65.5 Å². The number of carbonyl (C=O) groups excluding carboxylic acids is 1. The molecule has 5 nitrogen and oxygen atoms in total. The van der Waals surface area contributed by atoms with Crippen molar-refractivity contribution in [2.45, 2.75) is 18.8 Å². The summed E-state index contributed by atoms with van der Waals surface area (Å²) in [7, 11) is 3.32. The molecule has 0 spiro atoms. The Balaban J connectivity index is 0.00000392. The fourth-order valence-corrected chi connectivity index (χ4v) is 3.14. The molecule has 0 aliphatic carbocycles. The highest BCUT2D eigenvalue weighted by Crippen LogP contribution is 2.16. The number of aliphatic imine (C=N–C) groups is 1. The summed E-state index contributed by atoms with van der Waals surface area (Å²) in [6.45, 7) is 1.14. The lowest BCUT2D eigenvalue weighted by Gasteiger charge is -2.14. The van der Waals surface area contributed by atoms with Crippen LogP contribution < -0.4 is 16.0 Å². The summed E-state index contributed by atoms with van der Waals surface area (Å²) in [5.74, 6) is 1.10. The van der Waals surface area contributed by atoms with Gasteiger partial charge >= 0.3 is 0 Å². The molecule has 0 bridgehead atoms. The van der Waals surface area contributed by atoms with Gasteiger partial charge in [0, 0.05) is 38.5 Å². The zero-order valence-electron chi connectivity index (χ0n) is 16.2. The molecule has 0 aliphatic rings. The number of halogens is 2. The molecule has 8 heteroatoms.